The van der Waals surface area contributed by atoms with Gasteiger partial charge in [0.15, 0.2) is 6.17 Å². The maximum Gasteiger partial charge on any atom is 0.276 e. The van der Waals surface area contributed by atoms with Gasteiger partial charge in [0.1, 0.15) is 0 Å². The van der Waals surface area contributed by atoms with Crippen LogP contribution in [0.15, 0.2) is 59.5 Å². The van der Waals surface area contributed by atoms with Crippen LogP contribution in [0.1, 0.15) is 18.4 Å². The number of amides is 1. The number of allylic oxidation sites excluding steroid dienone is 2. The molecule has 21 heavy (non-hydrogen) atoms. The number of benzene rings is 1. The summed E-state index contributed by atoms with van der Waals surface area (Å²) in [6.45, 7) is 0. The number of hydrogen-bond donors (Lipinski definition) is 3. The summed E-state index contributed by atoms with van der Waals surface area (Å²) in [5, 5.41) is 4.96. The third-order valence-electron chi connectivity index (χ3n) is 4.07. The molecule has 2 heterocycles. The Hall–Kier alpha value is -2.69. The highest BCUT2D eigenvalue weighted by atomic mass is 16.2. The van der Waals surface area contributed by atoms with Crippen molar-refractivity contribution in [2.45, 2.75) is 19.0 Å². The Morgan fingerprint density at radius 2 is 2.05 bits per heavy atom. The van der Waals surface area contributed by atoms with Crippen molar-refractivity contribution in [1.82, 2.24) is 15.8 Å². The molecule has 1 aliphatic carbocycles. The molecule has 0 aromatic heterocycles. The van der Waals surface area contributed by atoms with Crippen molar-refractivity contribution in [1.29, 1.82) is 0 Å². The highest BCUT2D eigenvalue weighted by Gasteiger charge is 2.40. The summed E-state index contributed by atoms with van der Waals surface area (Å²) >= 11 is 0. The van der Waals surface area contributed by atoms with Gasteiger partial charge in [-0.05, 0) is 12.8 Å². The van der Waals surface area contributed by atoms with Crippen molar-refractivity contribution in [2.24, 2.45) is 5.73 Å². The SMILES string of the molecule is NC1=C(c2ccccc2)NN2C(=O)C3=C(CCC=C3)NC12. The van der Waals surface area contributed by atoms with E-state index in [1.165, 1.54) is 0 Å². The van der Waals surface area contributed by atoms with Gasteiger partial charge in [0.2, 0.25) is 0 Å². The van der Waals surface area contributed by atoms with E-state index in [0.29, 0.717) is 5.70 Å². The van der Waals surface area contributed by atoms with Gasteiger partial charge in [0, 0.05) is 11.3 Å². The van der Waals surface area contributed by atoms with Gasteiger partial charge in [-0.2, -0.15) is 0 Å². The number of carbonyl (C=O) groups excluding carboxylic acids is 1. The lowest BCUT2D eigenvalue weighted by molar-refractivity contribution is -0.131. The number of carbonyl (C=O) groups is 1. The number of hydrogen-bond acceptors (Lipinski definition) is 4. The lowest BCUT2D eigenvalue weighted by Gasteiger charge is -2.34. The van der Waals surface area contributed by atoms with Gasteiger partial charge in [0.05, 0.1) is 17.0 Å². The van der Waals surface area contributed by atoms with E-state index >= 15 is 0 Å². The maximum atomic E-state index is 12.6. The van der Waals surface area contributed by atoms with Crippen LogP contribution >= 0.6 is 0 Å². The van der Waals surface area contributed by atoms with Crippen LogP contribution in [0.5, 0.6) is 0 Å². The summed E-state index contributed by atoms with van der Waals surface area (Å²) in [6, 6.07) is 9.82. The third kappa shape index (κ3) is 1.74. The molecule has 3 aliphatic rings. The number of nitrogens with one attached hydrogen (secondary N) is 2. The second kappa shape index (κ2) is 4.41. The first-order chi connectivity index (χ1) is 10.3. The minimum Gasteiger partial charge on any atom is -0.397 e. The molecule has 1 aromatic carbocycles. The van der Waals surface area contributed by atoms with Crippen molar-refractivity contribution < 1.29 is 4.79 Å². The molecule has 2 aliphatic heterocycles. The van der Waals surface area contributed by atoms with Gasteiger partial charge in [-0.3, -0.25) is 10.2 Å². The molecule has 1 atom stereocenters. The van der Waals surface area contributed by atoms with Gasteiger partial charge in [-0.25, -0.2) is 5.01 Å². The number of rotatable bonds is 1. The van der Waals surface area contributed by atoms with Crippen LogP contribution in [0.2, 0.25) is 0 Å². The summed E-state index contributed by atoms with van der Waals surface area (Å²) in [5.41, 5.74) is 13.6. The van der Waals surface area contributed by atoms with E-state index in [4.69, 9.17) is 5.73 Å². The summed E-state index contributed by atoms with van der Waals surface area (Å²) < 4.78 is 0. The minimum atomic E-state index is -0.307. The first-order valence-corrected chi connectivity index (χ1v) is 7.07. The second-order valence-corrected chi connectivity index (χ2v) is 5.36. The summed E-state index contributed by atoms with van der Waals surface area (Å²) in [4.78, 5) is 12.6. The monoisotopic (exact) mass is 280 g/mol. The lowest BCUT2D eigenvalue weighted by Crippen LogP contribution is -2.55. The Balaban J connectivity index is 1.72. The van der Waals surface area contributed by atoms with Crippen molar-refractivity contribution >= 4 is 11.6 Å². The molecule has 106 valence electrons. The molecule has 5 heteroatoms. The van der Waals surface area contributed by atoms with E-state index in [2.05, 4.69) is 10.7 Å². The fraction of sp³-hybridized carbons (Fsp3) is 0.188. The minimum absolute atomic E-state index is 0.0291. The average Bonchev–Trinajstić information content (AvgIpc) is 2.86. The van der Waals surface area contributed by atoms with Crippen LogP contribution in [0.3, 0.4) is 0 Å². The summed E-state index contributed by atoms with van der Waals surface area (Å²) in [5.74, 6) is -0.0291. The van der Waals surface area contributed by atoms with Crippen LogP contribution in [-0.4, -0.2) is 17.1 Å². The van der Waals surface area contributed by atoms with E-state index in [-0.39, 0.29) is 12.1 Å². The van der Waals surface area contributed by atoms with Gasteiger partial charge in [0.25, 0.3) is 5.91 Å². The smallest absolute Gasteiger partial charge is 0.276 e. The summed E-state index contributed by atoms with van der Waals surface area (Å²) in [6.07, 6.45) is 5.43. The first kappa shape index (κ1) is 12.1. The van der Waals surface area contributed by atoms with Crippen molar-refractivity contribution in [3.63, 3.8) is 0 Å². The molecule has 1 aromatic rings. The van der Waals surface area contributed by atoms with E-state index in [0.717, 1.165) is 35.4 Å². The molecule has 4 N–H and O–H groups in total. The third-order valence-corrected chi connectivity index (χ3v) is 4.07. The average molecular weight is 280 g/mol. The standard InChI is InChI=1S/C16H16N4O/c17-13-14(10-6-2-1-3-7-10)19-20-15(13)18-12-9-5-4-8-11(12)16(20)21/h1-4,6-8,15,18-19H,5,9,17H2. The Bertz CT molecular complexity index is 702. The molecule has 0 fully saturated rings. The Morgan fingerprint density at radius 3 is 2.86 bits per heavy atom. The predicted molar refractivity (Wildman–Crippen MR) is 79.9 cm³/mol. The normalized spacial score (nSPS) is 23.7. The van der Waals surface area contributed by atoms with Crippen LogP contribution < -0.4 is 16.5 Å². The summed E-state index contributed by atoms with van der Waals surface area (Å²) in [7, 11) is 0. The first-order valence-electron chi connectivity index (χ1n) is 7.07. The zero-order valence-electron chi connectivity index (χ0n) is 11.5. The van der Waals surface area contributed by atoms with Crippen LogP contribution in [0, 0.1) is 0 Å². The maximum absolute atomic E-state index is 12.6. The molecule has 0 spiro atoms. The zero-order chi connectivity index (χ0) is 14.4. The Kier molecular flexibility index (Phi) is 2.54. The van der Waals surface area contributed by atoms with E-state index in [1.807, 2.05) is 42.5 Å². The van der Waals surface area contributed by atoms with Crippen LogP contribution in [0.4, 0.5) is 0 Å². The molecular formula is C16H16N4O. The van der Waals surface area contributed by atoms with Crippen LogP contribution in [-0.2, 0) is 4.79 Å². The fourth-order valence-corrected chi connectivity index (χ4v) is 2.98. The fourth-order valence-electron chi connectivity index (χ4n) is 2.98. The molecule has 0 bridgehead atoms. The predicted octanol–water partition coefficient (Wildman–Crippen LogP) is 1.19. The van der Waals surface area contributed by atoms with Crippen molar-refractivity contribution in [3.05, 3.63) is 65.0 Å². The highest BCUT2D eigenvalue weighted by molar-refractivity contribution is 5.99. The topological polar surface area (TPSA) is 70.4 Å². The molecule has 0 radical (unpaired) electrons. The Labute approximate surface area is 122 Å². The largest absolute Gasteiger partial charge is 0.397 e. The number of fused-ring (bicyclic) bond motifs is 1. The van der Waals surface area contributed by atoms with Gasteiger partial charge < -0.3 is 11.1 Å². The lowest BCUT2D eigenvalue weighted by atomic mass is 9.99. The molecular weight excluding hydrogens is 264 g/mol. The number of hydrazine groups is 1. The molecule has 1 unspecified atom stereocenters. The van der Waals surface area contributed by atoms with Gasteiger partial charge in [-0.1, -0.05) is 42.5 Å². The number of nitrogens with zero attached hydrogens (tertiary/aromatic N) is 1. The molecule has 0 saturated carbocycles. The van der Waals surface area contributed by atoms with E-state index < -0.39 is 0 Å². The van der Waals surface area contributed by atoms with Crippen LogP contribution in [0.25, 0.3) is 5.70 Å². The van der Waals surface area contributed by atoms with Crippen molar-refractivity contribution in [3.8, 4) is 0 Å². The number of nitrogens with two attached hydrogens (primary N) is 1. The zero-order valence-corrected chi connectivity index (χ0v) is 11.5. The highest BCUT2D eigenvalue weighted by Crippen LogP contribution is 2.31. The molecule has 0 saturated heterocycles. The van der Waals surface area contributed by atoms with Gasteiger partial charge in [-0.15, -0.1) is 0 Å². The quantitative estimate of drug-likeness (QED) is 0.723. The van der Waals surface area contributed by atoms with E-state index in [9.17, 15) is 4.79 Å². The molecule has 5 nitrogen and oxygen atoms in total. The van der Waals surface area contributed by atoms with Gasteiger partial charge >= 0.3 is 0 Å². The molecule has 4 rings (SSSR count). The Morgan fingerprint density at radius 1 is 1.24 bits per heavy atom. The van der Waals surface area contributed by atoms with E-state index in [1.54, 1.807) is 5.01 Å². The second-order valence-electron chi connectivity index (χ2n) is 5.36. The molecule has 1 amide bonds. The van der Waals surface area contributed by atoms with Crippen molar-refractivity contribution in [2.75, 3.05) is 0 Å².